The van der Waals surface area contributed by atoms with Crippen LogP contribution in [0.1, 0.15) is 18.7 Å². The molecule has 0 atom stereocenters. The van der Waals surface area contributed by atoms with Crippen molar-refractivity contribution in [3.05, 3.63) is 17.0 Å². The predicted molar refractivity (Wildman–Crippen MR) is 67.2 cm³/mol. The van der Waals surface area contributed by atoms with Crippen molar-refractivity contribution in [3.8, 4) is 6.07 Å². The summed E-state index contributed by atoms with van der Waals surface area (Å²) in [5.74, 6) is -0.589. The summed E-state index contributed by atoms with van der Waals surface area (Å²) >= 11 is 0.871. The van der Waals surface area contributed by atoms with E-state index in [-0.39, 0.29) is 10.8 Å². The first-order chi connectivity index (χ1) is 8.19. The lowest BCUT2D eigenvalue weighted by Crippen LogP contribution is -2.42. The fourth-order valence-corrected chi connectivity index (χ4v) is 3.32. The molecule has 1 heterocycles. The molecule has 6 nitrogen and oxygen atoms in total. The number of hydrogen-bond donors (Lipinski definition) is 2. The Labute approximate surface area is 109 Å². The monoisotopic (exact) mass is 287 g/mol. The van der Waals surface area contributed by atoms with Gasteiger partial charge in [-0.15, -0.1) is 11.3 Å². The molecule has 0 aliphatic carbocycles. The zero-order chi connectivity index (χ0) is 14.0. The Hall–Kier alpha value is -1.43. The normalized spacial score (nSPS) is 12.1. The van der Waals surface area contributed by atoms with Crippen molar-refractivity contribution in [2.45, 2.75) is 18.1 Å². The van der Waals surface area contributed by atoms with Gasteiger partial charge in [0.25, 0.3) is 0 Å². The Balaban J connectivity index is 2.84. The van der Waals surface area contributed by atoms with Crippen LogP contribution < -0.4 is 10.5 Å². The third kappa shape index (κ3) is 3.29. The molecule has 0 saturated heterocycles. The highest BCUT2D eigenvalue weighted by Gasteiger charge is 2.28. The molecule has 0 fully saturated rings. The minimum atomic E-state index is -3.71. The van der Waals surface area contributed by atoms with E-state index in [0.29, 0.717) is 4.88 Å². The molecule has 1 aromatic heterocycles. The topological polar surface area (TPSA) is 113 Å². The molecule has 0 spiro atoms. The van der Waals surface area contributed by atoms with Crippen LogP contribution in [0.2, 0.25) is 0 Å². The van der Waals surface area contributed by atoms with Gasteiger partial charge in [-0.2, -0.15) is 5.26 Å². The second-order valence-electron chi connectivity index (χ2n) is 4.30. The van der Waals surface area contributed by atoms with E-state index in [1.807, 2.05) is 6.07 Å². The van der Waals surface area contributed by atoms with Crippen LogP contribution in [0.4, 0.5) is 0 Å². The molecule has 0 radical (unpaired) electrons. The summed E-state index contributed by atoms with van der Waals surface area (Å²) in [6.07, 6.45) is 0. The van der Waals surface area contributed by atoms with Gasteiger partial charge in [-0.1, -0.05) is 0 Å². The van der Waals surface area contributed by atoms with Crippen LogP contribution in [-0.4, -0.2) is 20.9 Å². The van der Waals surface area contributed by atoms with Crippen molar-refractivity contribution in [2.75, 3.05) is 6.54 Å². The number of nitrogens with two attached hydrogens (primary N) is 1. The van der Waals surface area contributed by atoms with Crippen LogP contribution >= 0.6 is 11.3 Å². The van der Waals surface area contributed by atoms with Crippen LogP contribution in [0, 0.1) is 16.7 Å². The van der Waals surface area contributed by atoms with Crippen LogP contribution in [-0.2, 0) is 14.8 Å². The van der Waals surface area contributed by atoms with E-state index in [0.717, 1.165) is 11.3 Å². The summed E-state index contributed by atoms with van der Waals surface area (Å²) < 4.78 is 26.1. The SMILES string of the molecule is CC(C)(CNS(=O)(=O)c1ccc(C#N)s1)C(N)=O. The molecule has 0 saturated carbocycles. The van der Waals surface area contributed by atoms with E-state index in [1.165, 1.54) is 12.1 Å². The lowest BCUT2D eigenvalue weighted by molar-refractivity contribution is -0.125. The quantitative estimate of drug-likeness (QED) is 0.816. The number of nitrogens with zero attached hydrogens (tertiary/aromatic N) is 1. The zero-order valence-electron chi connectivity index (χ0n) is 9.93. The molecule has 0 aliphatic rings. The average molecular weight is 287 g/mol. The second kappa shape index (κ2) is 5.06. The summed E-state index contributed by atoms with van der Waals surface area (Å²) in [7, 11) is -3.71. The number of primary amides is 1. The van der Waals surface area contributed by atoms with E-state index in [2.05, 4.69) is 4.72 Å². The third-order valence-corrected chi connectivity index (χ3v) is 5.21. The number of amides is 1. The number of nitrogens with one attached hydrogen (secondary N) is 1. The molecular formula is C10H13N3O3S2. The maximum absolute atomic E-state index is 11.9. The first kappa shape index (κ1) is 14.6. The number of hydrogen-bond acceptors (Lipinski definition) is 5. The van der Waals surface area contributed by atoms with Gasteiger partial charge < -0.3 is 5.73 Å². The van der Waals surface area contributed by atoms with Gasteiger partial charge in [-0.25, -0.2) is 13.1 Å². The first-order valence-corrected chi connectivity index (χ1v) is 7.28. The molecule has 1 rings (SSSR count). The molecule has 3 N–H and O–H groups in total. The Morgan fingerprint density at radius 2 is 2.17 bits per heavy atom. The van der Waals surface area contributed by atoms with Crippen molar-refractivity contribution in [3.63, 3.8) is 0 Å². The van der Waals surface area contributed by atoms with Gasteiger partial charge in [0.15, 0.2) is 0 Å². The molecule has 0 bridgehead atoms. The van der Waals surface area contributed by atoms with Gasteiger partial charge in [0.1, 0.15) is 15.2 Å². The molecule has 98 valence electrons. The highest BCUT2D eigenvalue weighted by atomic mass is 32.2. The molecule has 0 aliphatic heterocycles. The summed E-state index contributed by atoms with van der Waals surface area (Å²) in [6, 6.07) is 4.64. The standard InChI is InChI=1S/C10H13N3O3S2/c1-10(2,9(12)14)6-13-18(15,16)8-4-3-7(5-11)17-8/h3-4,13H,6H2,1-2H3,(H2,12,14). The molecular weight excluding hydrogens is 274 g/mol. The average Bonchev–Trinajstić information content (AvgIpc) is 2.75. The second-order valence-corrected chi connectivity index (χ2v) is 7.38. The van der Waals surface area contributed by atoms with Gasteiger partial charge in [0, 0.05) is 6.54 Å². The van der Waals surface area contributed by atoms with E-state index in [4.69, 9.17) is 11.0 Å². The Morgan fingerprint density at radius 3 is 2.61 bits per heavy atom. The third-order valence-electron chi connectivity index (χ3n) is 2.33. The van der Waals surface area contributed by atoms with E-state index in [1.54, 1.807) is 13.8 Å². The van der Waals surface area contributed by atoms with Crippen molar-refractivity contribution >= 4 is 27.3 Å². The van der Waals surface area contributed by atoms with Gasteiger partial charge in [-0.05, 0) is 26.0 Å². The minimum absolute atomic E-state index is 0.0410. The Bertz CT molecular complexity index is 596. The fraction of sp³-hybridized carbons (Fsp3) is 0.400. The minimum Gasteiger partial charge on any atom is -0.369 e. The van der Waals surface area contributed by atoms with Crippen molar-refractivity contribution < 1.29 is 13.2 Å². The van der Waals surface area contributed by atoms with Gasteiger partial charge in [0.05, 0.1) is 5.41 Å². The van der Waals surface area contributed by atoms with Gasteiger partial charge in [0.2, 0.25) is 15.9 Å². The number of carbonyl (C=O) groups excluding carboxylic acids is 1. The van der Waals surface area contributed by atoms with Gasteiger partial charge >= 0.3 is 0 Å². The van der Waals surface area contributed by atoms with Crippen LogP contribution in [0.5, 0.6) is 0 Å². The maximum atomic E-state index is 11.9. The number of carbonyl (C=O) groups is 1. The highest BCUT2D eigenvalue weighted by molar-refractivity contribution is 7.91. The molecule has 8 heteroatoms. The van der Waals surface area contributed by atoms with Gasteiger partial charge in [-0.3, -0.25) is 4.79 Å². The summed E-state index contributed by atoms with van der Waals surface area (Å²) in [5, 5.41) is 8.63. The van der Waals surface area contributed by atoms with E-state index < -0.39 is 21.3 Å². The molecule has 0 unspecified atom stereocenters. The first-order valence-electron chi connectivity index (χ1n) is 4.98. The number of thiophene rings is 1. The fourth-order valence-electron chi connectivity index (χ4n) is 0.958. The van der Waals surface area contributed by atoms with Crippen LogP contribution in [0.15, 0.2) is 16.3 Å². The summed E-state index contributed by atoms with van der Waals surface area (Å²) in [4.78, 5) is 11.4. The zero-order valence-corrected chi connectivity index (χ0v) is 11.6. The molecule has 1 amide bonds. The largest absolute Gasteiger partial charge is 0.369 e. The van der Waals surface area contributed by atoms with E-state index >= 15 is 0 Å². The Morgan fingerprint density at radius 1 is 1.56 bits per heavy atom. The Kier molecular flexibility index (Phi) is 4.11. The summed E-state index contributed by atoms with van der Waals surface area (Å²) in [5.41, 5.74) is 4.18. The van der Waals surface area contributed by atoms with Crippen molar-refractivity contribution in [1.29, 1.82) is 5.26 Å². The highest BCUT2D eigenvalue weighted by Crippen LogP contribution is 2.21. The number of nitriles is 1. The number of sulfonamides is 1. The predicted octanol–water partition coefficient (Wildman–Crippen LogP) is 0.410. The lowest BCUT2D eigenvalue weighted by Gasteiger charge is -2.20. The van der Waals surface area contributed by atoms with E-state index in [9.17, 15) is 13.2 Å². The molecule has 0 aromatic carbocycles. The maximum Gasteiger partial charge on any atom is 0.250 e. The smallest absolute Gasteiger partial charge is 0.250 e. The van der Waals surface area contributed by atoms with Crippen molar-refractivity contribution in [1.82, 2.24) is 4.72 Å². The van der Waals surface area contributed by atoms with Crippen molar-refractivity contribution in [2.24, 2.45) is 11.1 Å². The summed E-state index contributed by atoms with van der Waals surface area (Å²) in [6.45, 7) is 3.00. The molecule has 18 heavy (non-hydrogen) atoms. The molecule has 1 aromatic rings. The van der Waals surface area contributed by atoms with Crippen LogP contribution in [0.25, 0.3) is 0 Å². The lowest BCUT2D eigenvalue weighted by atomic mass is 9.93. The van der Waals surface area contributed by atoms with Crippen LogP contribution in [0.3, 0.4) is 0 Å². The number of rotatable bonds is 5.